The molecule has 134 valence electrons. The highest BCUT2D eigenvalue weighted by Crippen LogP contribution is 2.23. The number of unbranched alkanes of at least 4 members (excludes halogenated alkanes) is 1. The third kappa shape index (κ3) is 5.94. The Hall–Kier alpha value is -1.35. The highest BCUT2D eigenvalue weighted by Gasteiger charge is 2.18. The van der Waals surface area contributed by atoms with Crippen molar-refractivity contribution in [3.8, 4) is 0 Å². The number of nitrogens with one attached hydrogen (secondary N) is 1. The second kappa shape index (κ2) is 10.5. The lowest BCUT2D eigenvalue weighted by Crippen LogP contribution is -2.34. The molecule has 2 rings (SSSR count). The molecule has 0 unspecified atom stereocenters. The largest absolute Gasteiger partial charge is 0.385 e. The van der Waals surface area contributed by atoms with Gasteiger partial charge in [0.05, 0.1) is 0 Å². The molecule has 1 heterocycles. The van der Waals surface area contributed by atoms with E-state index in [1.165, 1.54) is 45.2 Å². The van der Waals surface area contributed by atoms with Crippen molar-refractivity contribution in [1.82, 2.24) is 4.90 Å². The number of ketones is 1. The fraction of sp³-hybridized carbons (Fsp3) is 0.667. The topological polar surface area (TPSA) is 32.3 Å². The molecule has 1 aromatic rings. The van der Waals surface area contributed by atoms with Crippen LogP contribution in [0.25, 0.3) is 0 Å². The Labute approximate surface area is 147 Å². The summed E-state index contributed by atoms with van der Waals surface area (Å²) in [5.74, 6) is 1.21. The molecule has 0 radical (unpaired) electrons. The normalized spacial score (nSPS) is 16.2. The van der Waals surface area contributed by atoms with Gasteiger partial charge in [-0.15, -0.1) is 0 Å². The number of para-hydroxylation sites is 1. The minimum absolute atomic E-state index is 0.268. The maximum Gasteiger partial charge on any atom is 0.164 e. The predicted octanol–water partition coefficient (Wildman–Crippen LogP) is 4.98. The van der Waals surface area contributed by atoms with E-state index in [4.69, 9.17) is 0 Å². The van der Waals surface area contributed by atoms with E-state index < -0.39 is 0 Å². The molecule has 1 saturated heterocycles. The summed E-state index contributed by atoms with van der Waals surface area (Å²) >= 11 is 0. The van der Waals surface area contributed by atoms with Crippen LogP contribution in [-0.2, 0) is 0 Å². The van der Waals surface area contributed by atoms with E-state index in [9.17, 15) is 4.79 Å². The summed E-state index contributed by atoms with van der Waals surface area (Å²) in [6.07, 6.45) is 8.41. The van der Waals surface area contributed by atoms with Crippen LogP contribution < -0.4 is 5.32 Å². The van der Waals surface area contributed by atoms with Gasteiger partial charge in [-0.05, 0) is 63.9 Å². The molecule has 3 heteroatoms. The van der Waals surface area contributed by atoms with Gasteiger partial charge >= 0.3 is 0 Å². The van der Waals surface area contributed by atoms with Gasteiger partial charge in [0.2, 0.25) is 0 Å². The first-order valence-corrected chi connectivity index (χ1v) is 9.83. The molecule has 0 aliphatic carbocycles. The maximum atomic E-state index is 12.5. The van der Waals surface area contributed by atoms with Crippen LogP contribution in [0.4, 0.5) is 5.69 Å². The van der Waals surface area contributed by atoms with Crippen molar-refractivity contribution < 1.29 is 4.79 Å². The van der Waals surface area contributed by atoms with Gasteiger partial charge in [-0.1, -0.05) is 38.3 Å². The number of anilines is 1. The Morgan fingerprint density at radius 3 is 2.62 bits per heavy atom. The Morgan fingerprint density at radius 1 is 1.17 bits per heavy atom. The van der Waals surface area contributed by atoms with Gasteiger partial charge in [0.15, 0.2) is 5.78 Å². The van der Waals surface area contributed by atoms with Crippen molar-refractivity contribution in [2.45, 2.75) is 58.8 Å². The third-order valence-corrected chi connectivity index (χ3v) is 5.15. The van der Waals surface area contributed by atoms with Crippen LogP contribution >= 0.6 is 0 Å². The Morgan fingerprint density at radius 2 is 1.92 bits per heavy atom. The quantitative estimate of drug-likeness (QED) is 0.614. The van der Waals surface area contributed by atoms with Crippen LogP contribution in [0.1, 0.15) is 69.2 Å². The van der Waals surface area contributed by atoms with Crippen LogP contribution in [0.15, 0.2) is 24.3 Å². The molecule has 0 bridgehead atoms. The average Bonchev–Trinajstić information content (AvgIpc) is 2.61. The molecule has 0 aromatic heterocycles. The van der Waals surface area contributed by atoms with Crippen molar-refractivity contribution in [1.29, 1.82) is 0 Å². The van der Waals surface area contributed by atoms with E-state index in [0.717, 1.165) is 36.7 Å². The van der Waals surface area contributed by atoms with E-state index in [2.05, 4.69) is 24.1 Å². The molecule has 1 N–H and O–H groups in total. The molecule has 1 aromatic carbocycles. The maximum absolute atomic E-state index is 12.5. The standard InChI is InChI=1S/C21H34N2O/c1-3-5-9-18-13-16-23(17-14-18)15-8-12-21(24)19-10-6-7-11-20(19)22-4-2/h6-7,10-11,18,22H,3-5,8-9,12-17H2,1-2H3. The molecule has 0 saturated carbocycles. The van der Waals surface area contributed by atoms with Crippen LogP contribution in [0.2, 0.25) is 0 Å². The fourth-order valence-corrected chi connectivity index (χ4v) is 3.66. The second-order valence-corrected chi connectivity index (χ2v) is 7.03. The lowest BCUT2D eigenvalue weighted by Gasteiger charge is -2.31. The number of piperidine rings is 1. The molecule has 1 aliphatic rings. The molecule has 3 nitrogen and oxygen atoms in total. The lowest BCUT2D eigenvalue weighted by molar-refractivity contribution is 0.0970. The average molecular weight is 331 g/mol. The van der Waals surface area contributed by atoms with Crippen molar-refractivity contribution in [2.24, 2.45) is 5.92 Å². The van der Waals surface area contributed by atoms with Gasteiger partial charge in [0, 0.05) is 24.2 Å². The zero-order valence-electron chi connectivity index (χ0n) is 15.5. The molecule has 0 amide bonds. The van der Waals surface area contributed by atoms with Crippen molar-refractivity contribution >= 4 is 11.5 Å². The number of hydrogen-bond acceptors (Lipinski definition) is 3. The predicted molar refractivity (Wildman–Crippen MR) is 103 cm³/mol. The minimum atomic E-state index is 0.268. The fourth-order valence-electron chi connectivity index (χ4n) is 3.66. The monoisotopic (exact) mass is 330 g/mol. The van der Waals surface area contributed by atoms with Crippen LogP contribution in [-0.4, -0.2) is 36.9 Å². The first-order chi connectivity index (χ1) is 11.7. The van der Waals surface area contributed by atoms with Crippen molar-refractivity contribution in [3.63, 3.8) is 0 Å². The number of benzene rings is 1. The van der Waals surface area contributed by atoms with Gasteiger partial charge < -0.3 is 10.2 Å². The Bertz CT molecular complexity index is 492. The highest BCUT2D eigenvalue weighted by molar-refractivity contribution is 6.01. The number of nitrogens with zero attached hydrogens (tertiary/aromatic N) is 1. The van der Waals surface area contributed by atoms with Crippen molar-refractivity contribution in [2.75, 3.05) is 31.5 Å². The molecular weight excluding hydrogens is 296 g/mol. The van der Waals surface area contributed by atoms with E-state index >= 15 is 0 Å². The number of carbonyl (C=O) groups is 1. The van der Waals surface area contributed by atoms with E-state index in [1.54, 1.807) is 0 Å². The summed E-state index contributed by atoms with van der Waals surface area (Å²) in [7, 11) is 0. The number of hydrogen-bond donors (Lipinski definition) is 1. The van der Waals surface area contributed by atoms with Gasteiger partial charge in [-0.3, -0.25) is 4.79 Å². The first-order valence-electron chi connectivity index (χ1n) is 9.83. The number of likely N-dealkylation sites (tertiary alicyclic amines) is 1. The van der Waals surface area contributed by atoms with E-state index in [-0.39, 0.29) is 5.78 Å². The highest BCUT2D eigenvalue weighted by atomic mass is 16.1. The zero-order valence-corrected chi connectivity index (χ0v) is 15.5. The second-order valence-electron chi connectivity index (χ2n) is 7.03. The van der Waals surface area contributed by atoms with Crippen molar-refractivity contribution in [3.05, 3.63) is 29.8 Å². The Kier molecular flexibility index (Phi) is 8.31. The molecule has 24 heavy (non-hydrogen) atoms. The SMILES string of the molecule is CCCCC1CCN(CCCC(=O)c2ccccc2NCC)CC1. The lowest BCUT2D eigenvalue weighted by atomic mass is 9.91. The smallest absolute Gasteiger partial charge is 0.164 e. The molecule has 0 spiro atoms. The number of rotatable bonds is 10. The molecular formula is C21H34N2O. The van der Waals surface area contributed by atoms with Gasteiger partial charge in [-0.25, -0.2) is 0 Å². The molecule has 1 fully saturated rings. The van der Waals surface area contributed by atoms with Crippen LogP contribution in [0, 0.1) is 5.92 Å². The zero-order chi connectivity index (χ0) is 17.2. The number of carbonyl (C=O) groups excluding carboxylic acids is 1. The minimum Gasteiger partial charge on any atom is -0.385 e. The molecule has 0 atom stereocenters. The summed E-state index contributed by atoms with van der Waals surface area (Å²) in [5.41, 5.74) is 1.82. The summed E-state index contributed by atoms with van der Waals surface area (Å²) in [6.45, 7) is 8.69. The van der Waals surface area contributed by atoms with Gasteiger partial charge in [0.1, 0.15) is 0 Å². The van der Waals surface area contributed by atoms with Crippen LogP contribution in [0.5, 0.6) is 0 Å². The van der Waals surface area contributed by atoms with E-state index in [1.807, 2.05) is 24.3 Å². The van der Waals surface area contributed by atoms with Crippen LogP contribution in [0.3, 0.4) is 0 Å². The van der Waals surface area contributed by atoms with E-state index in [0.29, 0.717) is 6.42 Å². The Balaban J connectivity index is 1.70. The number of Topliss-reactive ketones (excluding diaryl/α,β-unsaturated/α-hetero) is 1. The summed E-state index contributed by atoms with van der Waals surface area (Å²) in [4.78, 5) is 15.0. The third-order valence-electron chi connectivity index (χ3n) is 5.15. The first kappa shape index (κ1) is 19.0. The van der Waals surface area contributed by atoms with Gasteiger partial charge in [0.25, 0.3) is 0 Å². The molecule has 1 aliphatic heterocycles. The van der Waals surface area contributed by atoms with Gasteiger partial charge in [-0.2, -0.15) is 0 Å². The summed E-state index contributed by atoms with van der Waals surface area (Å²) in [6, 6.07) is 7.88. The summed E-state index contributed by atoms with van der Waals surface area (Å²) < 4.78 is 0. The summed E-state index contributed by atoms with van der Waals surface area (Å²) in [5, 5.41) is 3.29.